The summed E-state index contributed by atoms with van der Waals surface area (Å²) in [5.74, 6) is -0.417. The van der Waals surface area contributed by atoms with Crippen LogP contribution in [0.1, 0.15) is 24.1 Å². The minimum Gasteiger partial charge on any atom is -0.358 e. The van der Waals surface area contributed by atoms with Crippen LogP contribution in [-0.2, 0) is 27.7 Å². The van der Waals surface area contributed by atoms with E-state index in [1.165, 1.54) is 24.5 Å². The average Bonchev–Trinajstić information content (AvgIpc) is 3.06. The molecule has 0 fully saturated rings. The van der Waals surface area contributed by atoms with Crippen molar-refractivity contribution in [2.45, 2.75) is 30.6 Å². The van der Waals surface area contributed by atoms with Crippen LogP contribution in [0.5, 0.6) is 0 Å². The number of likely N-dealkylation sites (N-methyl/N-ethyl adjacent to an activating group) is 1. The van der Waals surface area contributed by atoms with Gasteiger partial charge in [-0.2, -0.15) is 4.31 Å². The van der Waals surface area contributed by atoms with Gasteiger partial charge in [0.2, 0.25) is 15.9 Å². The summed E-state index contributed by atoms with van der Waals surface area (Å²) in [6.07, 6.45) is 7.34. The smallest absolute Gasteiger partial charge is 0.243 e. The monoisotopic (exact) mass is 398 g/mol. The molecule has 4 rings (SSSR count). The number of hydrogen-bond acceptors (Lipinski definition) is 4. The molecule has 0 atom stereocenters. The molecule has 2 heterocycles. The lowest BCUT2D eigenvalue weighted by molar-refractivity contribution is -0.116. The summed E-state index contributed by atoms with van der Waals surface area (Å²) in [5, 5.41) is 3.61. The summed E-state index contributed by atoms with van der Waals surface area (Å²) in [4.78, 5) is 19.7. The molecule has 0 aliphatic heterocycles. The van der Waals surface area contributed by atoms with Crippen molar-refractivity contribution in [2.24, 2.45) is 0 Å². The number of anilines is 1. The van der Waals surface area contributed by atoms with Gasteiger partial charge in [0.15, 0.2) is 0 Å². The van der Waals surface area contributed by atoms with E-state index in [-0.39, 0.29) is 11.4 Å². The Kier molecular flexibility index (Phi) is 4.91. The lowest BCUT2D eigenvalue weighted by Gasteiger charge is -2.17. The van der Waals surface area contributed by atoms with Crippen LogP contribution in [0, 0.1) is 0 Å². The van der Waals surface area contributed by atoms with E-state index in [9.17, 15) is 13.2 Å². The molecule has 1 aliphatic carbocycles. The Morgan fingerprint density at radius 2 is 2.07 bits per heavy atom. The van der Waals surface area contributed by atoms with E-state index >= 15 is 0 Å². The molecule has 0 unspecified atom stereocenters. The number of benzene rings is 1. The van der Waals surface area contributed by atoms with E-state index in [0.717, 1.165) is 40.9 Å². The maximum absolute atomic E-state index is 13.0. The molecule has 1 aromatic carbocycles. The normalized spacial score (nSPS) is 14.2. The van der Waals surface area contributed by atoms with Crippen molar-refractivity contribution < 1.29 is 13.2 Å². The molecule has 0 saturated heterocycles. The summed E-state index contributed by atoms with van der Waals surface area (Å²) in [7, 11) is -2.37. The molecule has 1 aliphatic rings. The highest BCUT2D eigenvalue weighted by Crippen LogP contribution is 2.31. The first-order valence-corrected chi connectivity index (χ1v) is 10.7. The van der Waals surface area contributed by atoms with E-state index in [0.29, 0.717) is 5.69 Å². The van der Waals surface area contributed by atoms with Gasteiger partial charge in [-0.25, -0.2) is 8.42 Å². The number of nitrogens with zero attached hydrogens (tertiary/aromatic N) is 2. The molecule has 3 aromatic rings. The largest absolute Gasteiger partial charge is 0.358 e. The van der Waals surface area contributed by atoms with E-state index in [1.807, 2.05) is 6.07 Å². The highest BCUT2D eigenvalue weighted by atomic mass is 32.2. The van der Waals surface area contributed by atoms with Gasteiger partial charge in [0.25, 0.3) is 0 Å². The Balaban J connectivity index is 1.56. The fraction of sp³-hybridized carbons (Fsp3) is 0.300. The first-order chi connectivity index (χ1) is 13.4. The molecular formula is C20H22N4O3S. The number of fused-ring (bicyclic) bond motifs is 3. The van der Waals surface area contributed by atoms with E-state index in [2.05, 4.69) is 15.3 Å². The summed E-state index contributed by atoms with van der Waals surface area (Å²) in [6.45, 7) is -0.277. The Bertz CT molecular complexity index is 1120. The van der Waals surface area contributed by atoms with Gasteiger partial charge in [-0.15, -0.1) is 0 Å². The third kappa shape index (κ3) is 3.53. The third-order valence-corrected chi connectivity index (χ3v) is 6.89. The maximum Gasteiger partial charge on any atom is 0.243 e. The predicted octanol–water partition coefficient (Wildman–Crippen LogP) is 2.70. The number of amides is 1. The zero-order valence-electron chi connectivity index (χ0n) is 15.6. The molecule has 28 heavy (non-hydrogen) atoms. The Morgan fingerprint density at radius 3 is 2.86 bits per heavy atom. The Morgan fingerprint density at radius 1 is 1.25 bits per heavy atom. The average molecular weight is 398 g/mol. The van der Waals surface area contributed by atoms with Gasteiger partial charge in [-0.1, -0.05) is 0 Å². The highest BCUT2D eigenvalue weighted by Gasteiger charge is 2.25. The molecule has 0 bridgehead atoms. The number of aromatic amines is 1. The first-order valence-electron chi connectivity index (χ1n) is 9.25. The number of aryl methyl sites for hydroxylation is 2. The number of carbonyl (C=O) groups is 1. The Labute approximate surface area is 163 Å². The molecule has 0 radical (unpaired) electrons. The second-order valence-electron chi connectivity index (χ2n) is 7.05. The molecular weight excluding hydrogens is 376 g/mol. The minimum absolute atomic E-state index is 0.198. The molecule has 146 valence electrons. The minimum atomic E-state index is -3.78. The van der Waals surface area contributed by atoms with Crippen molar-refractivity contribution in [3.63, 3.8) is 0 Å². The second-order valence-corrected chi connectivity index (χ2v) is 9.09. The van der Waals surface area contributed by atoms with Crippen LogP contribution >= 0.6 is 0 Å². The lowest BCUT2D eigenvalue weighted by atomic mass is 9.96. The fourth-order valence-electron chi connectivity index (χ4n) is 3.65. The van der Waals surface area contributed by atoms with Gasteiger partial charge in [0.1, 0.15) is 0 Å². The van der Waals surface area contributed by atoms with Crippen LogP contribution < -0.4 is 5.32 Å². The van der Waals surface area contributed by atoms with Gasteiger partial charge in [-0.05, 0) is 61.6 Å². The molecule has 2 aromatic heterocycles. The van der Waals surface area contributed by atoms with Crippen molar-refractivity contribution in [3.8, 4) is 0 Å². The van der Waals surface area contributed by atoms with Crippen LogP contribution in [0.25, 0.3) is 10.9 Å². The number of carbonyl (C=O) groups excluding carboxylic acids is 1. The molecule has 0 spiro atoms. The summed E-state index contributed by atoms with van der Waals surface area (Å²) < 4.78 is 27.0. The number of pyridine rings is 1. The molecule has 8 heteroatoms. The van der Waals surface area contributed by atoms with Gasteiger partial charge in [0, 0.05) is 29.8 Å². The third-order valence-electron chi connectivity index (χ3n) is 5.09. The topological polar surface area (TPSA) is 95.2 Å². The van der Waals surface area contributed by atoms with Crippen LogP contribution in [-0.4, -0.2) is 42.2 Å². The quantitative estimate of drug-likeness (QED) is 0.691. The van der Waals surface area contributed by atoms with E-state index in [4.69, 9.17) is 0 Å². The first kappa shape index (κ1) is 18.6. The fourth-order valence-corrected chi connectivity index (χ4v) is 4.80. The van der Waals surface area contributed by atoms with Crippen molar-refractivity contribution in [1.29, 1.82) is 0 Å². The second kappa shape index (κ2) is 7.37. The number of sulfonamides is 1. The molecule has 0 saturated carbocycles. The number of rotatable bonds is 5. The van der Waals surface area contributed by atoms with Crippen LogP contribution in [0.3, 0.4) is 0 Å². The van der Waals surface area contributed by atoms with E-state index in [1.54, 1.807) is 30.5 Å². The van der Waals surface area contributed by atoms with Crippen LogP contribution in [0.2, 0.25) is 0 Å². The standard InChI is InChI=1S/C20H22N4O3S/c1-24(13-20(25)22-14-5-4-10-21-12-14)28(26,27)15-8-9-19-17(11-15)16-6-2-3-7-18(16)23-19/h4-5,8-12,23H,2-3,6-7,13H2,1H3,(H,22,25). The Hall–Kier alpha value is -2.71. The predicted molar refractivity (Wildman–Crippen MR) is 108 cm³/mol. The number of hydrogen-bond donors (Lipinski definition) is 2. The van der Waals surface area contributed by atoms with E-state index < -0.39 is 15.9 Å². The van der Waals surface area contributed by atoms with Gasteiger partial charge in [-0.3, -0.25) is 9.78 Å². The van der Waals surface area contributed by atoms with Gasteiger partial charge < -0.3 is 10.3 Å². The van der Waals surface area contributed by atoms with Crippen molar-refractivity contribution in [2.75, 3.05) is 18.9 Å². The highest BCUT2D eigenvalue weighted by molar-refractivity contribution is 7.89. The van der Waals surface area contributed by atoms with Crippen LogP contribution in [0.4, 0.5) is 5.69 Å². The maximum atomic E-state index is 13.0. The number of aromatic nitrogens is 2. The zero-order chi connectivity index (χ0) is 19.7. The zero-order valence-corrected chi connectivity index (χ0v) is 16.4. The van der Waals surface area contributed by atoms with Crippen molar-refractivity contribution in [1.82, 2.24) is 14.3 Å². The summed E-state index contributed by atoms with van der Waals surface area (Å²) in [6, 6.07) is 8.52. The van der Waals surface area contributed by atoms with Crippen LogP contribution in [0.15, 0.2) is 47.6 Å². The summed E-state index contributed by atoms with van der Waals surface area (Å²) in [5.41, 5.74) is 3.91. The molecule has 7 nitrogen and oxygen atoms in total. The lowest BCUT2D eigenvalue weighted by Crippen LogP contribution is -2.35. The van der Waals surface area contributed by atoms with Gasteiger partial charge >= 0.3 is 0 Å². The SMILES string of the molecule is CN(CC(=O)Nc1cccnc1)S(=O)(=O)c1ccc2[nH]c3c(c2c1)CCCC3. The van der Waals surface area contributed by atoms with Crippen molar-refractivity contribution in [3.05, 3.63) is 54.0 Å². The molecule has 2 N–H and O–H groups in total. The number of nitrogens with one attached hydrogen (secondary N) is 2. The van der Waals surface area contributed by atoms with Gasteiger partial charge in [0.05, 0.1) is 23.3 Å². The molecule has 1 amide bonds. The summed E-state index contributed by atoms with van der Waals surface area (Å²) >= 11 is 0. The van der Waals surface area contributed by atoms with Crippen molar-refractivity contribution >= 4 is 32.5 Å². The number of H-pyrrole nitrogens is 1.